The van der Waals surface area contributed by atoms with Crippen molar-refractivity contribution in [3.05, 3.63) is 28.2 Å². The van der Waals surface area contributed by atoms with E-state index in [0.717, 1.165) is 36.0 Å². The molecular weight excluding hydrogens is 294 g/mol. The smallest absolute Gasteiger partial charge is 0.123 e. The molecule has 0 atom stereocenters. The third-order valence-corrected chi connectivity index (χ3v) is 3.49. The van der Waals surface area contributed by atoms with Crippen LogP contribution in [-0.4, -0.2) is 31.1 Å². The Morgan fingerprint density at radius 3 is 2.67 bits per heavy atom. The maximum absolute atomic E-state index is 8.72. The first kappa shape index (κ1) is 15.0. The first-order valence-electron chi connectivity index (χ1n) is 6.02. The molecule has 100 valence electrons. The van der Waals surface area contributed by atoms with Crippen molar-refractivity contribution < 1.29 is 5.11 Å². The molecule has 5 heteroatoms. The third kappa shape index (κ3) is 4.31. The number of amidine groups is 1. The lowest BCUT2D eigenvalue weighted by Crippen LogP contribution is -2.19. The van der Waals surface area contributed by atoms with Crippen molar-refractivity contribution in [1.29, 1.82) is 5.41 Å². The van der Waals surface area contributed by atoms with Gasteiger partial charge in [-0.3, -0.25) is 5.41 Å². The van der Waals surface area contributed by atoms with Gasteiger partial charge >= 0.3 is 0 Å². The molecule has 0 aliphatic heterocycles. The summed E-state index contributed by atoms with van der Waals surface area (Å²) in [6.45, 7) is 1.22. The van der Waals surface area contributed by atoms with Crippen LogP contribution in [0, 0.1) is 5.41 Å². The molecule has 0 radical (unpaired) electrons. The molecule has 1 aromatic rings. The number of aliphatic hydroxyl groups is 1. The molecule has 0 fully saturated rings. The molecule has 0 saturated heterocycles. The van der Waals surface area contributed by atoms with Crippen molar-refractivity contribution in [3.8, 4) is 0 Å². The Balaban J connectivity index is 2.61. The van der Waals surface area contributed by atoms with Crippen molar-refractivity contribution >= 4 is 27.5 Å². The number of benzene rings is 1. The number of nitrogen functional groups attached to an aromatic ring is 1. The van der Waals surface area contributed by atoms with Crippen LogP contribution in [0.2, 0.25) is 0 Å². The minimum atomic E-state index is 0.0685. The molecule has 4 nitrogen and oxygen atoms in total. The van der Waals surface area contributed by atoms with Gasteiger partial charge in [0, 0.05) is 35.9 Å². The number of aliphatic hydroxyl groups excluding tert-OH is 1. The quantitative estimate of drug-likeness (QED) is 0.411. The first-order valence-corrected chi connectivity index (χ1v) is 6.81. The Morgan fingerprint density at radius 1 is 1.39 bits per heavy atom. The van der Waals surface area contributed by atoms with E-state index in [1.807, 2.05) is 25.2 Å². The van der Waals surface area contributed by atoms with Crippen LogP contribution in [0.3, 0.4) is 0 Å². The molecule has 0 spiro atoms. The van der Waals surface area contributed by atoms with Crippen LogP contribution in [0.1, 0.15) is 24.8 Å². The Morgan fingerprint density at radius 2 is 2.11 bits per heavy atom. The van der Waals surface area contributed by atoms with E-state index in [1.165, 1.54) is 0 Å². The summed E-state index contributed by atoms with van der Waals surface area (Å²) < 4.78 is 0.842. The van der Waals surface area contributed by atoms with Gasteiger partial charge in [-0.2, -0.15) is 0 Å². The van der Waals surface area contributed by atoms with Crippen LogP contribution in [0.15, 0.2) is 22.7 Å². The van der Waals surface area contributed by atoms with Gasteiger partial charge in [-0.25, -0.2) is 0 Å². The molecule has 4 N–H and O–H groups in total. The molecule has 0 aliphatic carbocycles. The average molecular weight is 314 g/mol. The van der Waals surface area contributed by atoms with E-state index < -0.39 is 0 Å². The van der Waals surface area contributed by atoms with E-state index in [9.17, 15) is 0 Å². The zero-order chi connectivity index (χ0) is 13.5. The van der Waals surface area contributed by atoms with Crippen molar-refractivity contribution in [2.45, 2.75) is 19.3 Å². The van der Waals surface area contributed by atoms with Gasteiger partial charge in [-0.05, 0) is 53.4 Å². The van der Waals surface area contributed by atoms with Gasteiger partial charge in [0.05, 0.1) is 0 Å². The van der Waals surface area contributed by atoms with Crippen molar-refractivity contribution in [2.75, 3.05) is 25.1 Å². The Labute approximate surface area is 116 Å². The maximum atomic E-state index is 8.72. The second-order valence-electron chi connectivity index (χ2n) is 4.28. The SMILES string of the molecule is CN(CCCCCO)c1ccc(C(=N)N)c(Br)c1. The van der Waals surface area contributed by atoms with E-state index >= 15 is 0 Å². The fourth-order valence-electron chi connectivity index (χ4n) is 1.73. The molecule has 1 rings (SSSR count). The lowest BCUT2D eigenvalue weighted by molar-refractivity contribution is 0.283. The standard InChI is InChI=1S/C13H20BrN3O/c1-17(7-3-2-4-8-18)10-5-6-11(13(15)16)12(14)9-10/h5-6,9,18H,2-4,7-8H2,1H3,(H3,15,16). The number of halogens is 1. The highest BCUT2D eigenvalue weighted by atomic mass is 79.9. The minimum Gasteiger partial charge on any atom is -0.396 e. The fourth-order valence-corrected chi connectivity index (χ4v) is 2.31. The number of unbranched alkanes of at least 4 members (excludes halogenated alkanes) is 2. The van der Waals surface area contributed by atoms with E-state index in [0.29, 0.717) is 5.56 Å². The number of nitrogens with one attached hydrogen (secondary N) is 1. The number of anilines is 1. The van der Waals surface area contributed by atoms with Crippen molar-refractivity contribution in [3.63, 3.8) is 0 Å². The predicted molar refractivity (Wildman–Crippen MR) is 79.4 cm³/mol. The first-order chi connectivity index (χ1) is 8.56. The summed E-state index contributed by atoms with van der Waals surface area (Å²) in [6.07, 6.45) is 2.96. The summed E-state index contributed by atoms with van der Waals surface area (Å²) in [6, 6.07) is 5.79. The Bertz CT molecular complexity index is 409. The monoisotopic (exact) mass is 313 g/mol. The van der Waals surface area contributed by atoms with Crippen LogP contribution in [-0.2, 0) is 0 Å². The number of rotatable bonds is 7. The third-order valence-electron chi connectivity index (χ3n) is 2.84. The molecule has 0 aliphatic rings. The summed E-state index contributed by atoms with van der Waals surface area (Å²) in [4.78, 5) is 2.16. The fraction of sp³-hybridized carbons (Fsp3) is 0.462. The lowest BCUT2D eigenvalue weighted by Gasteiger charge is -2.20. The zero-order valence-electron chi connectivity index (χ0n) is 10.6. The van der Waals surface area contributed by atoms with Gasteiger partial charge in [-0.1, -0.05) is 0 Å². The van der Waals surface area contributed by atoms with E-state index in [4.69, 9.17) is 16.2 Å². The van der Waals surface area contributed by atoms with Crippen LogP contribution < -0.4 is 10.6 Å². The second-order valence-corrected chi connectivity index (χ2v) is 5.14. The topological polar surface area (TPSA) is 73.3 Å². The molecule has 1 aromatic carbocycles. The highest BCUT2D eigenvalue weighted by molar-refractivity contribution is 9.10. The van der Waals surface area contributed by atoms with Crippen LogP contribution in [0.25, 0.3) is 0 Å². The van der Waals surface area contributed by atoms with Gasteiger partial charge in [0.15, 0.2) is 0 Å². The van der Waals surface area contributed by atoms with Crippen molar-refractivity contribution in [2.24, 2.45) is 5.73 Å². The second kappa shape index (κ2) is 7.38. The van der Waals surface area contributed by atoms with Gasteiger partial charge in [-0.15, -0.1) is 0 Å². The summed E-state index contributed by atoms with van der Waals surface area (Å²) >= 11 is 3.43. The summed E-state index contributed by atoms with van der Waals surface area (Å²) in [7, 11) is 2.04. The number of hydrogen-bond donors (Lipinski definition) is 3. The largest absolute Gasteiger partial charge is 0.396 e. The predicted octanol–water partition coefficient (Wildman–Crippen LogP) is 2.33. The average Bonchev–Trinajstić information content (AvgIpc) is 2.33. The highest BCUT2D eigenvalue weighted by Gasteiger charge is 2.06. The Kier molecular flexibility index (Phi) is 6.15. The molecule has 0 saturated carbocycles. The highest BCUT2D eigenvalue weighted by Crippen LogP contribution is 2.23. The number of nitrogens with two attached hydrogens (primary N) is 1. The van der Waals surface area contributed by atoms with Crippen molar-refractivity contribution in [1.82, 2.24) is 0 Å². The molecular formula is C13H20BrN3O. The van der Waals surface area contributed by atoms with Crippen LogP contribution >= 0.6 is 15.9 Å². The maximum Gasteiger partial charge on any atom is 0.123 e. The molecule has 0 bridgehead atoms. The number of hydrogen-bond acceptors (Lipinski definition) is 3. The van der Waals surface area contributed by atoms with E-state index in [2.05, 4.69) is 20.8 Å². The van der Waals surface area contributed by atoms with Crippen LogP contribution in [0.4, 0.5) is 5.69 Å². The normalized spacial score (nSPS) is 10.4. The van der Waals surface area contributed by atoms with Gasteiger partial charge < -0.3 is 15.7 Å². The molecule has 0 amide bonds. The number of nitrogens with zero attached hydrogens (tertiary/aromatic N) is 1. The zero-order valence-corrected chi connectivity index (χ0v) is 12.2. The molecule has 0 aromatic heterocycles. The van der Waals surface area contributed by atoms with Gasteiger partial charge in [0.25, 0.3) is 0 Å². The summed E-state index contributed by atoms with van der Waals surface area (Å²) in [5.74, 6) is 0.0685. The van der Waals surface area contributed by atoms with E-state index in [-0.39, 0.29) is 12.4 Å². The Hall–Kier alpha value is -1.07. The van der Waals surface area contributed by atoms with Gasteiger partial charge in [0.1, 0.15) is 5.84 Å². The molecule has 0 heterocycles. The molecule has 18 heavy (non-hydrogen) atoms. The lowest BCUT2D eigenvalue weighted by atomic mass is 10.1. The molecule has 0 unspecified atom stereocenters. The van der Waals surface area contributed by atoms with Gasteiger partial charge in [0.2, 0.25) is 0 Å². The summed E-state index contributed by atoms with van der Waals surface area (Å²) in [5.41, 5.74) is 7.28. The van der Waals surface area contributed by atoms with Crippen LogP contribution in [0.5, 0.6) is 0 Å². The minimum absolute atomic E-state index is 0.0685. The summed E-state index contributed by atoms with van der Waals surface area (Å²) in [5, 5.41) is 16.1. The van der Waals surface area contributed by atoms with E-state index in [1.54, 1.807) is 0 Å².